The third kappa shape index (κ3) is 5.08. The van der Waals surface area contributed by atoms with Gasteiger partial charge in [-0.25, -0.2) is 4.79 Å². The molecule has 0 saturated heterocycles. The van der Waals surface area contributed by atoms with Gasteiger partial charge in [0.1, 0.15) is 0 Å². The maximum absolute atomic E-state index is 11.6. The summed E-state index contributed by atoms with van der Waals surface area (Å²) < 4.78 is 0. The Morgan fingerprint density at radius 1 is 1.59 bits per heavy atom. The molecule has 0 aromatic heterocycles. The van der Waals surface area contributed by atoms with Gasteiger partial charge in [0, 0.05) is 37.5 Å². The first-order chi connectivity index (χ1) is 8.13. The number of allylic oxidation sites excluding steroid dienone is 2. The molecule has 0 radical (unpaired) electrons. The van der Waals surface area contributed by atoms with Gasteiger partial charge in [0.05, 0.1) is 0 Å². The number of hydrogen-bond donors (Lipinski definition) is 1. The molecule has 1 aliphatic heterocycles. The molecule has 2 amide bonds. The molecule has 1 rings (SSSR count). The predicted octanol–water partition coefficient (Wildman–Crippen LogP) is 2.25. The van der Waals surface area contributed by atoms with Gasteiger partial charge in [-0.15, -0.1) is 11.8 Å². The molecule has 1 heterocycles. The van der Waals surface area contributed by atoms with Crippen LogP contribution in [0.15, 0.2) is 27.7 Å². The van der Waals surface area contributed by atoms with Gasteiger partial charge < -0.3 is 10.2 Å². The minimum absolute atomic E-state index is 0.106. The second-order valence-electron chi connectivity index (χ2n) is 3.79. The van der Waals surface area contributed by atoms with E-state index in [0.29, 0.717) is 0 Å². The number of nitrogens with zero attached hydrogens (tertiary/aromatic N) is 2. The Morgan fingerprint density at radius 3 is 3.00 bits per heavy atom. The van der Waals surface area contributed by atoms with Crippen molar-refractivity contribution in [2.24, 2.45) is 4.99 Å². The lowest BCUT2D eigenvalue weighted by molar-refractivity contribution is 0.220. The second-order valence-corrected chi connectivity index (χ2v) is 5.13. The highest BCUT2D eigenvalue weighted by atomic mass is 32.2. The third-order valence-electron chi connectivity index (χ3n) is 2.11. The van der Waals surface area contributed by atoms with Crippen molar-refractivity contribution < 1.29 is 4.79 Å². The third-order valence-corrected chi connectivity index (χ3v) is 2.95. The van der Waals surface area contributed by atoms with E-state index >= 15 is 0 Å². The van der Waals surface area contributed by atoms with Crippen molar-refractivity contribution in [3.05, 3.63) is 22.8 Å². The Kier molecular flexibility index (Phi) is 5.83. The molecule has 5 heteroatoms. The van der Waals surface area contributed by atoms with Crippen LogP contribution in [0.2, 0.25) is 0 Å². The van der Waals surface area contributed by atoms with Gasteiger partial charge in [0.25, 0.3) is 0 Å². The summed E-state index contributed by atoms with van der Waals surface area (Å²) in [5.41, 5.74) is 0.853. The van der Waals surface area contributed by atoms with Crippen LogP contribution in [0.1, 0.15) is 13.3 Å². The van der Waals surface area contributed by atoms with Crippen LogP contribution in [0.5, 0.6) is 0 Å². The van der Waals surface area contributed by atoms with E-state index in [2.05, 4.69) is 17.2 Å². The first-order valence-corrected chi connectivity index (χ1v) is 6.65. The van der Waals surface area contributed by atoms with Crippen LogP contribution in [0.25, 0.3) is 0 Å². The summed E-state index contributed by atoms with van der Waals surface area (Å²) in [6, 6.07) is -0.106. The quantitative estimate of drug-likeness (QED) is 0.838. The summed E-state index contributed by atoms with van der Waals surface area (Å²) >= 11 is 1.72. The molecular weight excluding hydrogens is 234 g/mol. The fraction of sp³-hybridized carbons (Fsp3) is 0.500. The lowest BCUT2D eigenvalue weighted by atomic mass is 10.2. The number of amides is 2. The average Bonchev–Trinajstić information content (AvgIpc) is 2.24. The van der Waals surface area contributed by atoms with Crippen LogP contribution >= 0.6 is 11.8 Å². The molecule has 17 heavy (non-hydrogen) atoms. The molecule has 0 aromatic carbocycles. The Hall–Kier alpha value is -1.23. The van der Waals surface area contributed by atoms with Crippen molar-refractivity contribution in [1.82, 2.24) is 10.2 Å². The molecule has 0 aliphatic carbocycles. The van der Waals surface area contributed by atoms with Gasteiger partial charge in [-0.1, -0.05) is 13.0 Å². The predicted molar refractivity (Wildman–Crippen MR) is 74.5 cm³/mol. The molecule has 0 aromatic rings. The van der Waals surface area contributed by atoms with Gasteiger partial charge in [0.2, 0.25) is 0 Å². The Labute approximate surface area is 107 Å². The van der Waals surface area contributed by atoms with E-state index in [4.69, 9.17) is 0 Å². The number of hydrogen-bond acceptors (Lipinski definition) is 3. The normalized spacial score (nSPS) is 23.5. The van der Waals surface area contributed by atoms with Crippen molar-refractivity contribution in [1.29, 1.82) is 0 Å². The van der Waals surface area contributed by atoms with Crippen molar-refractivity contribution in [3.63, 3.8) is 0 Å². The molecule has 0 bridgehead atoms. The molecular formula is C12H19N3OS. The van der Waals surface area contributed by atoms with E-state index in [-0.39, 0.29) is 6.03 Å². The molecule has 1 aliphatic rings. The van der Waals surface area contributed by atoms with E-state index in [1.54, 1.807) is 25.9 Å². The number of aliphatic imine (C=N–C) groups is 1. The lowest BCUT2D eigenvalue weighted by Crippen LogP contribution is -2.33. The van der Waals surface area contributed by atoms with E-state index < -0.39 is 0 Å². The van der Waals surface area contributed by atoms with Crippen molar-refractivity contribution in [3.8, 4) is 0 Å². The number of thioether (sulfide) groups is 1. The highest BCUT2D eigenvalue weighted by molar-refractivity contribution is 8.03. The zero-order valence-corrected chi connectivity index (χ0v) is 11.4. The minimum atomic E-state index is -0.106. The second kappa shape index (κ2) is 7.17. The number of nitrogens with one attached hydrogen (secondary N) is 1. The van der Waals surface area contributed by atoms with E-state index in [1.807, 2.05) is 18.4 Å². The standard InChI is InChI=1S/C12H19N3OS/c1-4-17-11-8-10(6-5-7-13-9-11)14-12(16)15(2)3/h6,8-9H,4-5,7H2,1-3H3,(H,14,16)/b10-6+,11-8+,13-9-. The van der Waals surface area contributed by atoms with Crippen LogP contribution in [-0.4, -0.2) is 43.5 Å². The maximum atomic E-state index is 11.6. The van der Waals surface area contributed by atoms with Crippen LogP contribution in [-0.2, 0) is 0 Å². The van der Waals surface area contributed by atoms with Crippen LogP contribution in [0.4, 0.5) is 4.79 Å². The highest BCUT2D eigenvalue weighted by Gasteiger charge is 2.06. The molecule has 0 fully saturated rings. The first kappa shape index (κ1) is 13.8. The van der Waals surface area contributed by atoms with Crippen molar-refractivity contribution in [2.75, 3.05) is 26.4 Å². The molecule has 0 atom stereocenters. The molecule has 0 saturated carbocycles. The largest absolute Gasteiger partial charge is 0.331 e. The monoisotopic (exact) mass is 253 g/mol. The van der Waals surface area contributed by atoms with Gasteiger partial charge in [-0.2, -0.15) is 0 Å². The smallest absolute Gasteiger partial charge is 0.321 e. The Balaban J connectivity index is 2.77. The summed E-state index contributed by atoms with van der Waals surface area (Å²) in [4.78, 5) is 18.5. The van der Waals surface area contributed by atoms with Crippen LogP contribution in [0.3, 0.4) is 0 Å². The number of carbonyl (C=O) groups excluding carboxylic acids is 1. The van der Waals surface area contributed by atoms with Gasteiger partial charge >= 0.3 is 6.03 Å². The van der Waals surface area contributed by atoms with Crippen LogP contribution < -0.4 is 5.32 Å². The number of carbonyl (C=O) groups is 1. The first-order valence-electron chi connectivity index (χ1n) is 5.66. The fourth-order valence-electron chi connectivity index (χ4n) is 1.27. The maximum Gasteiger partial charge on any atom is 0.321 e. The van der Waals surface area contributed by atoms with E-state index in [9.17, 15) is 4.79 Å². The Morgan fingerprint density at radius 2 is 2.35 bits per heavy atom. The van der Waals surface area contributed by atoms with Gasteiger partial charge in [-0.05, 0) is 18.2 Å². The lowest BCUT2D eigenvalue weighted by Gasteiger charge is -2.14. The van der Waals surface area contributed by atoms with Crippen molar-refractivity contribution >= 4 is 24.0 Å². The number of urea groups is 1. The zero-order valence-electron chi connectivity index (χ0n) is 10.6. The van der Waals surface area contributed by atoms with E-state index in [1.165, 1.54) is 4.90 Å². The summed E-state index contributed by atoms with van der Waals surface area (Å²) in [5, 5.41) is 2.87. The van der Waals surface area contributed by atoms with Crippen LogP contribution in [0, 0.1) is 0 Å². The SMILES string of the molecule is CCSC1=C/C(NC(=O)N(C)C)=C\CC/N=C\1. The Bertz CT molecular complexity index is 359. The van der Waals surface area contributed by atoms with Crippen molar-refractivity contribution in [2.45, 2.75) is 13.3 Å². The molecule has 0 spiro atoms. The molecule has 4 nitrogen and oxygen atoms in total. The molecule has 0 unspecified atom stereocenters. The average molecular weight is 253 g/mol. The number of rotatable bonds is 3. The minimum Gasteiger partial charge on any atom is -0.331 e. The summed E-state index contributed by atoms with van der Waals surface area (Å²) in [5.74, 6) is 0.993. The topological polar surface area (TPSA) is 44.7 Å². The zero-order chi connectivity index (χ0) is 12.7. The van der Waals surface area contributed by atoms with E-state index in [0.717, 1.165) is 29.3 Å². The summed E-state index contributed by atoms with van der Waals surface area (Å²) in [6.07, 6.45) is 6.70. The summed E-state index contributed by atoms with van der Waals surface area (Å²) in [7, 11) is 3.46. The summed E-state index contributed by atoms with van der Waals surface area (Å²) in [6.45, 7) is 2.86. The highest BCUT2D eigenvalue weighted by Crippen LogP contribution is 2.16. The molecule has 1 N–H and O–H groups in total. The molecule has 94 valence electrons. The fourth-order valence-corrected chi connectivity index (χ4v) is 1.96. The van der Waals surface area contributed by atoms with Gasteiger partial charge in [-0.3, -0.25) is 4.99 Å². The van der Waals surface area contributed by atoms with Gasteiger partial charge in [0.15, 0.2) is 0 Å².